The number of nitrogens with zero attached hydrogens (tertiary/aromatic N) is 2. The lowest BCUT2D eigenvalue weighted by molar-refractivity contribution is 0.277. The summed E-state index contributed by atoms with van der Waals surface area (Å²) in [5.41, 5.74) is 1.83. The van der Waals surface area contributed by atoms with Gasteiger partial charge in [-0.05, 0) is 18.6 Å². The maximum atomic E-state index is 8.89. The fourth-order valence-electron chi connectivity index (χ4n) is 1.25. The van der Waals surface area contributed by atoms with E-state index in [9.17, 15) is 0 Å². The first-order valence-corrected chi connectivity index (χ1v) is 4.55. The van der Waals surface area contributed by atoms with Gasteiger partial charge in [0.15, 0.2) is 0 Å². The summed E-state index contributed by atoms with van der Waals surface area (Å²) in [7, 11) is 2.04. The molecule has 0 bridgehead atoms. The number of rotatable bonds is 4. The molecule has 3 heteroatoms. The van der Waals surface area contributed by atoms with Crippen molar-refractivity contribution in [2.75, 3.05) is 18.5 Å². The lowest BCUT2D eigenvalue weighted by Crippen LogP contribution is -2.17. The lowest BCUT2D eigenvalue weighted by atomic mass is 10.3. The van der Waals surface area contributed by atoms with E-state index in [1.54, 1.807) is 6.20 Å². The van der Waals surface area contributed by atoms with Crippen LogP contribution in [-0.4, -0.2) is 23.7 Å². The molecule has 1 aromatic heterocycles. The summed E-state index contributed by atoms with van der Waals surface area (Å²) < 4.78 is 0. The molecule has 0 aliphatic rings. The smallest absolute Gasteiger partial charge is 0.0853 e. The number of pyridine rings is 1. The van der Waals surface area contributed by atoms with Crippen LogP contribution in [0.5, 0.6) is 0 Å². The van der Waals surface area contributed by atoms with E-state index in [1.807, 2.05) is 19.2 Å². The molecule has 0 unspecified atom stereocenters. The van der Waals surface area contributed by atoms with Gasteiger partial charge in [-0.2, -0.15) is 0 Å². The average Bonchev–Trinajstić information content (AvgIpc) is 2.18. The first kappa shape index (κ1) is 9.99. The fraction of sp³-hybridized carbons (Fsp3) is 0.500. The van der Waals surface area contributed by atoms with Crippen molar-refractivity contribution in [1.82, 2.24) is 4.98 Å². The Morgan fingerprint density at radius 2 is 2.31 bits per heavy atom. The van der Waals surface area contributed by atoms with E-state index in [1.165, 1.54) is 0 Å². The first-order chi connectivity index (χ1) is 6.27. The van der Waals surface area contributed by atoms with E-state index in [0.717, 1.165) is 24.3 Å². The van der Waals surface area contributed by atoms with Gasteiger partial charge in [-0.1, -0.05) is 6.92 Å². The van der Waals surface area contributed by atoms with Crippen molar-refractivity contribution in [2.45, 2.75) is 20.0 Å². The zero-order valence-electron chi connectivity index (χ0n) is 8.20. The van der Waals surface area contributed by atoms with Gasteiger partial charge in [-0.15, -0.1) is 0 Å². The van der Waals surface area contributed by atoms with Gasteiger partial charge in [0.25, 0.3) is 0 Å². The number of hydrogen-bond donors (Lipinski definition) is 1. The van der Waals surface area contributed by atoms with Gasteiger partial charge in [0.05, 0.1) is 12.3 Å². The first-order valence-electron chi connectivity index (χ1n) is 4.55. The van der Waals surface area contributed by atoms with Crippen LogP contribution in [-0.2, 0) is 6.61 Å². The number of hydrogen-bond acceptors (Lipinski definition) is 3. The second-order valence-corrected chi connectivity index (χ2v) is 3.09. The Labute approximate surface area is 79.0 Å². The largest absolute Gasteiger partial charge is 0.390 e. The quantitative estimate of drug-likeness (QED) is 0.761. The number of aliphatic hydroxyl groups is 1. The monoisotopic (exact) mass is 180 g/mol. The SMILES string of the molecule is CCCN(C)c1ccnc(CO)c1. The van der Waals surface area contributed by atoms with Crippen molar-refractivity contribution < 1.29 is 5.11 Å². The second-order valence-electron chi connectivity index (χ2n) is 3.09. The summed E-state index contributed by atoms with van der Waals surface area (Å²) in [4.78, 5) is 6.18. The number of anilines is 1. The second kappa shape index (κ2) is 4.82. The molecule has 0 aliphatic carbocycles. The van der Waals surface area contributed by atoms with E-state index in [-0.39, 0.29) is 6.61 Å². The van der Waals surface area contributed by atoms with E-state index < -0.39 is 0 Å². The molecule has 1 rings (SSSR count). The molecule has 3 nitrogen and oxygen atoms in total. The van der Waals surface area contributed by atoms with Crippen LogP contribution in [0.25, 0.3) is 0 Å². The predicted octanol–water partition coefficient (Wildman–Crippen LogP) is 1.42. The molecule has 0 aromatic carbocycles. The minimum absolute atomic E-state index is 0.00774. The van der Waals surface area contributed by atoms with Gasteiger partial charge in [0.1, 0.15) is 0 Å². The standard InChI is InChI=1S/C10H16N2O/c1-3-6-12(2)10-4-5-11-9(7-10)8-13/h4-5,7,13H,3,6,8H2,1-2H3. The number of aliphatic hydroxyl groups excluding tert-OH is 1. The Morgan fingerprint density at radius 3 is 2.92 bits per heavy atom. The molecule has 13 heavy (non-hydrogen) atoms. The third-order valence-electron chi connectivity index (χ3n) is 1.96. The van der Waals surface area contributed by atoms with Gasteiger partial charge in [-0.25, -0.2) is 0 Å². The Morgan fingerprint density at radius 1 is 1.54 bits per heavy atom. The molecule has 0 aliphatic heterocycles. The van der Waals surface area contributed by atoms with Crippen molar-refractivity contribution in [3.63, 3.8) is 0 Å². The third kappa shape index (κ3) is 2.70. The van der Waals surface area contributed by atoms with Gasteiger partial charge in [0.2, 0.25) is 0 Å². The van der Waals surface area contributed by atoms with E-state index >= 15 is 0 Å². The van der Waals surface area contributed by atoms with Gasteiger partial charge in [-0.3, -0.25) is 4.98 Å². The van der Waals surface area contributed by atoms with Crippen LogP contribution in [0, 0.1) is 0 Å². The molecule has 1 N–H and O–H groups in total. The summed E-state index contributed by atoms with van der Waals surface area (Å²) in [5, 5.41) is 8.89. The highest BCUT2D eigenvalue weighted by molar-refractivity contribution is 5.45. The Balaban J connectivity index is 2.75. The van der Waals surface area contributed by atoms with Crippen molar-refractivity contribution in [2.24, 2.45) is 0 Å². The molecule has 72 valence electrons. The van der Waals surface area contributed by atoms with Gasteiger partial charge in [0, 0.05) is 25.5 Å². The van der Waals surface area contributed by atoms with Crippen molar-refractivity contribution in [1.29, 1.82) is 0 Å². The molecule has 1 aromatic rings. The molecule has 0 amide bonds. The van der Waals surface area contributed by atoms with Crippen LogP contribution in [0.15, 0.2) is 18.3 Å². The van der Waals surface area contributed by atoms with Crippen LogP contribution < -0.4 is 4.90 Å². The van der Waals surface area contributed by atoms with E-state index in [0.29, 0.717) is 0 Å². The van der Waals surface area contributed by atoms with Crippen LogP contribution in [0.1, 0.15) is 19.0 Å². The zero-order valence-corrected chi connectivity index (χ0v) is 8.20. The third-order valence-corrected chi connectivity index (χ3v) is 1.96. The maximum Gasteiger partial charge on any atom is 0.0853 e. The highest BCUT2D eigenvalue weighted by Crippen LogP contribution is 2.12. The summed E-state index contributed by atoms with van der Waals surface area (Å²) in [6.45, 7) is 3.17. The van der Waals surface area contributed by atoms with Gasteiger partial charge < -0.3 is 10.0 Å². The maximum absolute atomic E-state index is 8.89. The topological polar surface area (TPSA) is 36.4 Å². The van der Waals surface area contributed by atoms with Crippen LogP contribution >= 0.6 is 0 Å². The fourth-order valence-corrected chi connectivity index (χ4v) is 1.25. The molecule has 0 saturated carbocycles. The Kier molecular flexibility index (Phi) is 3.71. The van der Waals surface area contributed by atoms with Crippen molar-refractivity contribution >= 4 is 5.69 Å². The Hall–Kier alpha value is -1.09. The summed E-state index contributed by atoms with van der Waals surface area (Å²) in [6, 6.07) is 3.87. The molecule has 0 spiro atoms. The highest BCUT2D eigenvalue weighted by Gasteiger charge is 2.00. The molecular weight excluding hydrogens is 164 g/mol. The van der Waals surface area contributed by atoms with Crippen LogP contribution in [0.3, 0.4) is 0 Å². The summed E-state index contributed by atoms with van der Waals surface area (Å²) >= 11 is 0. The molecule has 0 atom stereocenters. The van der Waals surface area contributed by atoms with Crippen LogP contribution in [0.2, 0.25) is 0 Å². The van der Waals surface area contributed by atoms with E-state index in [4.69, 9.17) is 5.11 Å². The molecule has 1 heterocycles. The molecule has 0 saturated heterocycles. The lowest BCUT2D eigenvalue weighted by Gasteiger charge is -2.18. The number of aromatic nitrogens is 1. The minimum Gasteiger partial charge on any atom is -0.390 e. The normalized spacial score (nSPS) is 10.1. The van der Waals surface area contributed by atoms with Crippen LogP contribution in [0.4, 0.5) is 5.69 Å². The van der Waals surface area contributed by atoms with Gasteiger partial charge >= 0.3 is 0 Å². The average molecular weight is 180 g/mol. The summed E-state index contributed by atoms with van der Waals surface area (Å²) in [6.07, 6.45) is 2.85. The highest BCUT2D eigenvalue weighted by atomic mass is 16.3. The predicted molar refractivity (Wildman–Crippen MR) is 53.7 cm³/mol. The Bertz CT molecular complexity index is 263. The summed E-state index contributed by atoms with van der Waals surface area (Å²) in [5.74, 6) is 0. The van der Waals surface area contributed by atoms with E-state index in [2.05, 4.69) is 16.8 Å². The van der Waals surface area contributed by atoms with Crippen molar-refractivity contribution in [3.05, 3.63) is 24.0 Å². The molecule has 0 radical (unpaired) electrons. The zero-order chi connectivity index (χ0) is 9.68. The van der Waals surface area contributed by atoms with Crippen molar-refractivity contribution in [3.8, 4) is 0 Å². The minimum atomic E-state index is 0.00774. The molecular formula is C10H16N2O. The molecule has 0 fully saturated rings.